The topological polar surface area (TPSA) is 81.2 Å². The Morgan fingerprint density at radius 2 is 0.764 bits per heavy atom. The van der Waals surface area contributed by atoms with Gasteiger partial charge in [0.2, 0.25) is 0 Å². The standard InChI is InChI=1S/C55H25F12N5/c56-52(57,58)35-11-15-37(44(23-35)54(62,63)64)31-9-13-41-39-5-1-3-7-46(39)71(49(41)20-31)48-25-43(33-18-29(26-68)17-30(19-33)27-69)51(22-34(48)28-70)72-47-8-4-2-6-40(47)42-14-10-32(21-50(42)72)38-16-12-36(53(59,60)61)24-45(38)55(65,66)67/h1-25H. The van der Waals surface area contributed by atoms with Gasteiger partial charge in [-0.3, -0.25) is 0 Å². The van der Waals surface area contributed by atoms with E-state index >= 15 is 0 Å². The lowest BCUT2D eigenvalue weighted by Gasteiger charge is -2.20. The summed E-state index contributed by atoms with van der Waals surface area (Å²) in [5.41, 5.74) is -5.39. The Kier molecular flexibility index (Phi) is 10.7. The summed E-state index contributed by atoms with van der Waals surface area (Å²) in [5, 5.41) is 33.4. The molecule has 2 aromatic heterocycles. The molecule has 0 bridgehead atoms. The van der Waals surface area contributed by atoms with Gasteiger partial charge in [-0.2, -0.15) is 68.5 Å². The van der Waals surface area contributed by atoms with E-state index in [1.165, 1.54) is 60.7 Å². The quantitative estimate of drug-likeness (QED) is 0.161. The molecule has 5 nitrogen and oxygen atoms in total. The number of aromatic nitrogens is 2. The zero-order valence-electron chi connectivity index (χ0n) is 36.2. The van der Waals surface area contributed by atoms with E-state index in [9.17, 15) is 68.5 Å². The minimum Gasteiger partial charge on any atom is -0.309 e. The third-order valence-corrected chi connectivity index (χ3v) is 12.5. The lowest BCUT2D eigenvalue weighted by molar-refractivity contribution is -0.144. The minimum absolute atomic E-state index is 0.0333. The number of nitriles is 3. The summed E-state index contributed by atoms with van der Waals surface area (Å²) < 4.78 is 173. The molecule has 0 aliphatic heterocycles. The van der Waals surface area contributed by atoms with Crippen molar-refractivity contribution in [1.82, 2.24) is 9.13 Å². The molecular formula is C55H25F12N5. The largest absolute Gasteiger partial charge is 0.417 e. The van der Waals surface area contributed by atoms with Crippen LogP contribution in [-0.2, 0) is 24.7 Å². The maximum atomic E-state index is 14.6. The van der Waals surface area contributed by atoms with Crippen molar-refractivity contribution in [3.63, 3.8) is 0 Å². The van der Waals surface area contributed by atoms with Gasteiger partial charge < -0.3 is 9.13 Å². The highest BCUT2D eigenvalue weighted by Crippen LogP contribution is 2.47. The fraction of sp³-hybridized carbons (Fsp3) is 0.0727. The van der Waals surface area contributed by atoms with Crippen LogP contribution in [0, 0.1) is 34.0 Å². The Morgan fingerprint density at radius 3 is 1.18 bits per heavy atom. The number of halogens is 12. The van der Waals surface area contributed by atoms with Crippen molar-refractivity contribution >= 4 is 43.6 Å². The summed E-state index contributed by atoms with van der Waals surface area (Å²) in [6.45, 7) is 0. The third-order valence-electron chi connectivity index (χ3n) is 12.5. The van der Waals surface area contributed by atoms with Crippen molar-refractivity contribution in [1.29, 1.82) is 15.8 Å². The predicted molar refractivity (Wildman–Crippen MR) is 246 cm³/mol. The van der Waals surface area contributed by atoms with Gasteiger partial charge in [0.15, 0.2) is 0 Å². The van der Waals surface area contributed by atoms with E-state index in [2.05, 4.69) is 6.07 Å². The Bertz CT molecular complexity index is 4000. The number of nitrogens with zero attached hydrogens (tertiary/aromatic N) is 5. The highest BCUT2D eigenvalue weighted by molar-refractivity contribution is 6.12. The Hall–Kier alpha value is -9.01. The zero-order valence-corrected chi connectivity index (χ0v) is 36.2. The molecule has 0 unspecified atom stereocenters. The van der Waals surface area contributed by atoms with Gasteiger partial charge >= 0.3 is 24.7 Å². The fourth-order valence-corrected chi connectivity index (χ4v) is 9.39. The van der Waals surface area contributed by atoms with E-state index in [0.29, 0.717) is 44.7 Å². The first-order valence-electron chi connectivity index (χ1n) is 21.3. The fourth-order valence-electron chi connectivity index (χ4n) is 9.39. The van der Waals surface area contributed by atoms with Crippen LogP contribution in [0.25, 0.3) is 88.4 Å². The van der Waals surface area contributed by atoms with E-state index < -0.39 is 58.1 Å². The maximum Gasteiger partial charge on any atom is 0.417 e. The normalized spacial score (nSPS) is 12.4. The van der Waals surface area contributed by atoms with Gasteiger partial charge in [0.25, 0.3) is 0 Å². The summed E-state index contributed by atoms with van der Waals surface area (Å²) in [5.74, 6) is 0. The molecule has 0 N–H and O–H groups in total. The number of hydrogen-bond acceptors (Lipinski definition) is 3. The van der Waals surface area contributed by atoms with Crippen molar-refractivity contribution in [3.05, 3.63) is 191 Å². The SMILES string of the molecule is N#Cc1cc(C#N)cc(-c2cc(-n3c4ccccc4c4ccc(-c5ccc(C(F)(F)F)cc5C(F)(F)F)cc43)c(C#N)cc2-n2c3ccccc3c3ccc(-c4ccc(C(F)(F)F)cc4C(F)(F)F)cc32)c1. The summed E-state index contributed by atoms with van der Waals surface area (Å²) in [7, 11) is 0. The van der Waals surface area contributed by atoms with Crippen LogP contribution < -0.4 is 0 Å². The van der Waals surface area contributed by atoms with E-state index in [-0.39, 0.29) is 73.5 Å². The van der Waals surface area contributed by atoms with Crippen molar-refractivity contribution in [2.45, 2.75) is 24.7 Å². The van der Waals surface area contributed by atoms with Crippen LogP contribution in [0.5, 0.6) is 0 Å². The van der Waals surface area contributed by atoms with Crippen LogP contribution >= 0.6 is 0 Å². The van der Waals surface area contributed by atoms with Crippen LogP contribution in [0.2, 0.25) is 0 Å². The molecule has 72 heavy (non-hydrogen) atoms. The average Bonchev–Trinajstić information content (AvgIpc) is 3.86. The van der Waals surface area contributed by atoms with Crippen LogP contribution in [-0.4, -0.2) is 9.13 Å². The number of benzene rings is 8. The van der Waals surface area contributed by atoms with Crippen molar-refractivity contribution in [2.75, 3.05) is 0 Å². The highest BCUT2D eigenvalue weighted by Gasteiger charge is 2.40. The number of alkyl halides is 12. The Labute approximate surface area is 398 Å². The van der Waals surface area contributed by atoms with E-state index in [1.807, 2.05) is 12.1 Å². The number of fused-ring (bicyclic) bond motifs is 6. The average molecular weight is 984 g/mol. The maximum absolute atomic E-state index is 14.6. The molecule has 10 rings (SSSR count). The molecule has 0 saturated heterocycles. The first kappa shape index (κ1) is 46.7. The van der Waals surface area contributed by atoms with Gasteiger partial charge in [0, 0.05) is 27.1 Å². The number of hydrogen-bond donors (Lipinski definition) is 0. The van der Waals surface area contributed by atoms with Gasteiger partial charge in [-0.05, 0) is 107 Å². The Balaban J connectivity index is 1.30. The first-order valence-corrected chi connectivity index (χ1v) is 21.3. The van der Waals surface area contributed by atoms with Crippen molar-refractivity contribution in [2.24, 2.45) is 0 Å². The molecule has 0 fully saturated rings. The van der Waals surface area contributed by atoms with E-state index in [4.69, 9.17) is 0 Å². The molecule has 17 heteroatoms. The van der Waals surface area contributed by atoms with Gasteiger partial charge in [-0.25, -0.2) is 0 Å². The van der Waals surface area contributed by atoms with Crippen molar-refractivity contribution < 1.29 is 52.7 Å². The molecule has 0 spiro atoms. The lowest BCUT2D eigenvalue weighted by atomic mass is 9.95. The summed E-state index contributed by atoms with van der Waals surface area (Å²) in [4.78, 5) is 0. The molecule has 10 aromatic rings. The molecule has 0 aliphatic rings. The molecule has 0 atom stereocenters. The second kappa shape index (κ2) is 16.6. The van der Waals surface area contributed by atoms with Gasteiger partial charge in [0.05, 0.1) is 84.5 Å². The van der Waals surface area contributed by atoms with Crippen LogP contribution in [0.1, 0.15) is 38.9 Å². The first-order chi connectivity index (χ1) is 34.1. The molecule has 0 saturated carbocycles. The smallest absolute Gasteiger partial charge is 0.309 e. The summed E-state index contributed by atoms with van der Waals surface area (Å²) in [6.07, 6.45) is -20.6. The van der Waals surface area contributed by atoms with Gasteiger partial charge in [0.1, 0.15) is 6.07 Å². The molecule has 0 radical (unpaired) electrons. The van der Waals surface area contributed by atoms with E-state index in [0.717, 1.165) is 12.1 Å². The monoisotopic (exact) mass is 983 g/mol. The van der Waals surface area contributed by atoms with Gasteiger partial charge in [-0.15, -0.1) is 0 Å². The molecule has 2 heterocycles. The summed E-state index contributed by atoms with van der Waals surface area (Å²) in [6, 6.07) is 38.1. The predicted octanol–water partition coefficient (Wildman–Crippen LogP) is 16.6. The second-order valence-electron chi connectivity index (χ2n) is 16.7. The molecule has 0 aliphatic carbocycles. The third kappa shape index (κ3) is 7.87. The second-order valence-corrected chi connectivity index (χ2v) is 16.7. The molecule has 354 valence electrons. The summed E-state index contributed by atoms with van der Waals surface area (Å²) >= 11 is 0. The molecule has 0 amide bonds. The van der Waals surface area contributed by atoms with Crippen LogP contribution in [0.3, 0.4) is 0 Å². The molecular weight excluding hydrogens is 959 g/mol. The van der Waals surface area contributed by atoms with E-state index in [1.54, 1.807) is 63.7 Å². The Morgan fingerprint density at radius 1 is 0.333 bits per heavy atom. The molecule has 8 aromatic carbocycles. The number of para-hydroxylation sites is 2. The minimum atomic E-state index is -5.22. The van der Waals surface area contributed by atoms with Crippen molar-refractivity contribution in [3.8, 4) is 63.0 Å². The lowest BCUT2D eigenvalue weighted by Crippen LogP contribution is -2.12. The van der Waals surface area contributed by atoms with Crippen LogP contribution in [0.4, 0.5) is 52.7 Å². The zero-order chi connectivity index (χ0) is 51.2. The number of rotatable bonds is 5. The highest BCUT2D eigenvalue weighted by atomic mass is 19.4. The van der Waals surface area contributed by atoms with Gasteiger partial charge in [-0.1, -0.05) is 72.8 Å². The van der Waals surface area contributed by atoms with Crippen LogP contribution in [0.15, 0.2) is 152 Å².